The third-order valence-electron chi connectivity index (χ3n) is 2.85. The predicted molar refractivity (Wildman–Crippen MR) is 72.5 cm³/mol. The second kappa shape index (κ2) is 5.23. The van der Waals surface area contributed by atoms with E-state index in [2.05, 4.69) is 11.2 Å². The molecule has 4 heteroatoms. The predicted octanol–water partition coefficient (Wildman–Crippen LogP) is 1.99. The van der Waals surface area contributed by atoms with Crippen molar-refractivity contribution in [2.24, 2.45) is 12.8 Å². The van der Waals surface area contributed by atoms with Crippen LogP contribution in [0.25, 0.3) is 11.3 Å². The lowest BCUT2D eigenvalue weighted by molar-refractivity contribution is 0.415. The largest absolute Gasteiger partial charge is 0.497 e. The number of benzene rings is 1. The zero-order valence-corrected chi connectivity index (χ0v) is 11.1. The van der Waals surface area contributed by atoms with E-state index in [0.717, 1.165) is 29.1 Å². The highest BCUT2D eigenvalue weighted by atomic mass is 16.5. The molecule has 0 radical (unpaired) electrons. The van der Waals surface area contributed by atoms with Crippen molar-refractivity contribution in [1.82, 2.24) is 9.78 Å². The lowest BCUT2D eigenvalue weighted by Crippen LogP contribution is -2.18. The molecule has 0 saturated heterocycles. The lowest BCUT2D eigenvalue weighted by Gasteiger charge is -2.03. The number of nitrogens with two attached hydrogens (primary N) is 1. The molecule has 4 nitrogen and oxygen atoms in total. The second-order valence-electron chi connectivity index (χ2n) is 4.55. The standard InChI is InChI=1S/C14H19N3O/c1-10(15)8-12-9-14(17(2)16-12)11-4-6-13(18-3)7-5-11/h4-7,9-10H,8,15H2,1-3H3. The van der Waals surface area contributed by atoms with Crippen molar-refractivity contribution in [3.63, 3.8) is 0 Å². The van der Waals surface area contributed by atoms with Crippen molar-refractivity contribution in [2.45, 2.75) is 19.4 Å². The maximum atomic E-state index is 5.79. The first kappa shape index (κ1) is 12.6. The summed E-state index contributed by atoms with van der Waals surface area (Å²) < 4.78 is 7.04. The van der Waals surface area contributed by atoms with E-state index in [1.54, 1.807) is 7.11 Å². The summed E-state index contributed by atoms with van der Waals surface area (Å²) in [6, 6.07) is 10.2. The van der Waals surface area contributed by atoms with Gasteiger partial charge < -0.3 is 10.5 Å². The highest BCUT2D eigenvalue weighted by Gasteiger charge is 2.08. The van der Waals surface area contributed by atoms with Gasteiger partial charge in [0.25, 0.3) is 0 Å². The number of hydrogen-bond acceptors (Lipinski definition) is 3. The Hall–Kier alpha value is -1.81. The number of ether oxygens (including phenoxy) is 1. The van der Waals surface area contributed by atoms with Crippen LogP contribution >= 0.6 is 0 Å². The normalized spacial score (nSPS) is 12.4. The van der Waals surface area contributed by atoms with Crippen molar-refractivity contribution in [3.05, 3.63) is 36.0 Å². The third-order valence-corrected chi connectivity index (χ3v) is 2.85. The Balaban J connectivity index is 2.29. The Labute approximate surface area is 107 Å². The molecule has 0 aliphatic heterocycles. The highest BCUT2D eigenvalue weighted by Crippen LogP contribution is 2.23. The summed E-state index contributed by atoms with van der Waals surface area (Å²) in [4.78, 5) is 0. The average Bonchev–Trinajstić information content (AvgIpc) is 2.69. The third kappa shape index (κ3) is 2.71. The maximum absolute atomic E-state index is 5.79. The molecule has 1 unspecified atom stereocenters. The summed E-state index contributed by atoms with van der Waals surface area (Å²) in [6.45, 7) is 1.99. The molecule has 2 N–H and O–H groups in total. The summed E-state index contributed by atoms with van der Waals surface area (Å²) >= 11 is 0. The quantitative estimate of drug-likeness (QED) is 0.896. The molecule has 18 heavy (non-hydrogen) atoms. The van der Waals surface area contributed by atoms with Crippen molar-refractivity contribution < 1.29 is 4.74 Å². The lowest BCUT2D eigenvalue weighted by atomic mass is 10.1. The van der Waals surface area contributed by atoms with Crippen molar-refractivity contribution >= 4 is 0 Å². The van der Waals surface area contributed by atoms with Crippen LogP contribution in [0.1, 0.15) is 12.6 Å². The van der Waals surface area contributed by atoms with Gasteiger partial charge in [-0.1, -0.05) is 0 Å². The van der Waals surface area contributed by atoms with E-state index in [4.69, 9.17) is 10.5 Å². The molecule has 1 aromatic carbocycles. The molecule has 2 aromatic rings. The molecule has 0 aliphatic rings. The van der Waals surface area contributed by atoms with Crippen molar-refractivity contribution in [3.8, 4) is 17.0 Å². The number of methoxy groups -OCH3 is 1. The van der Waals surface area contributed by atoms with Gasteiger partial charge in [0, 0.05) is 25.1 Å². The van der Waals surface area contributed by atoms with Gasteiger partial charge in [0.1, 0.15) is 5.75 Å². The summed E-state index contributed by atoms with van der Waals surface area (Å²) in [6.07, 6.45) is 0.796. The SMILES string of the molecule is COc1ccc(-c2cc(CC(C)N)nn2C)cc1. The number of hydrogen-bond donors (Lipinski definition) is 1. The molecular formula is C14H19N3O. The molecule has 0 spiro atoms. The van der Waals surface area contributed by atoms with Crippen LogP contribution in [0.15, 0.2) is 30.3 Å². The first-order valence-corrected chi connectivity index (χ1v) is 6.03. The van der Waals surface area contributed by atoms with Gasteiger partial charge in [0.15, 0.2) is 0 Å². The van der Waals surface area contributed by atoms with E-state index in [-0.39, 0.29) is 6.04 Å². The first-order chi connectivity index (χ1) is 8.60. The van der Waals surface area contributed by atoms with Gasteiger partial charge in [-0.2, -0.15) is 5.10 Å². The summed E-state index contributed by atoms with van der Waals surface area (Å²) in [5.41, 5.74) is 9.04. The molecule has 2 rings (SSSR count). The average molecular weight is 245 g/mol. The van der Waals surface area contributed by atoms with Crippen LogP contribution in [0.4, 0.5) is 0 Å². The van der Waals surface area contributed by atoms with Crippen molar-refractivity contribution in [2.75, 3.05) is 7.11 Å². The number of nitrogens with zero attached hydrogens (tertiary/aromatic N) is 2. The molecule has 0 amide bonds. The minimum absolute atomic E-state index is 0.128. The monoisotopic (exact) mass is 245 g/mol. The van der Waals surface area contributed by atoms with Gasteiger partial charge in [-0.15, -0.1) is 0 Å². The molecule has 1 atom stereocenters. The fourth-order valence-electron chi connectivity index (χ4n) is 1.99. The molecule has 1 aromatic heterocycles. The van der Waals surface area contributed by atoms with Crippen LogP contribution in [-0.2, 0) is 13.5 Å². The first-order valence-electron chi connectivity index (χ1n) is 6.03. The molecule has 96 valence electrons. The van der Waals surface area contributed by atoms with E-state index in [1.165, 1.54) is 0 Å². The van der Waals surface area contributed by atoms with Crippen LogP contribution in [0.3, 0.4) is 0 Å². The van der Waals surface area contributed by atoms with Crippen LogP contribution in [-0.4, -0.2) is 22.9 Å². The van der Waals surface area contributed by atoms with E-state index < -0.39 is 0 Å². The van der Waals surface area contributed by atoms with Crippen LogP contribution in [0, 0.1) is 0 Å². The highest BCUT2D eigenvalue weighted by molar-refractivity contribution is 5.61. The van der Waals surface area contributed by atoms with Crippen LogP contribution < -0.4 is 10.5 Å². The van der Waals surface area contributed by atoms with E-state index in [9.17, 15) is 0 Å². The smallest absolute Gasteiger partial charge is 0.118 e. The Bertz CT molecular complexity index is 514. The van der Waals surface area contributed by atoms with Crippen molar-refractivity contribution in [1.29, 1.82) is 0 Å². The molecule has 0 fully saturated rings. The number of aromatic nitrogens is 2. The molecular weight excluding hydrogens is 226 g/mol. The van der Waals surface area contributed by atoms with Gasteiger partial charge in [0.05, 0.1) is 18.5 Å². The van der Waals surface area contributed by atoms with Gasteiger partial charge in [-0.3, -0.25) is 4.68 Å². The Morgan fingerprint density at radius 2 is 2.00 bits per heavy atom. The maximum Gasteiger partial charge on any atom is 0.118 e. The van der Waals surface area contributed by atoms with Gasteiger partial charge >= 0.3 is 0 Å². The molecule has 0 aliphatic carbocycles. The van der Waals surface area contributed by atoms with Crippen LogP contribution in [0.5, 0.6) is 5.75 Å². The minimum atomic E-state index is 0.128. The molecule has 1 heterocycles. The Kier molecular flexibility index (Phi) is 3.67. The summed E-state index contributed by atoms with van der Waals surface area (Å²) in [7, 11) is 3.62. The van der Waals surface area contributed by atoms with Gasteiger partial charge in [-0.05, 0) is 37.3 Å². The summed E-state index contributed by atoms with van der Waals surface area (Å²) in [5.74, 6) is 0.858. The fraction of sp³-hybridized carbons (Fsp3) is 0.357. The van der Waals surface area contributed by atoms with E-state index in [1.807, 2.05) is 42.9 Å². The van der Waals surface area contributed by atoms with Gasteiger partial charge in [0.2, 0.25) is 0 Å². The zero-order valence-electron chi connectivity index (χ0n) is 11.1. The van der Waals surface area contributed by atoms with Gasteiger partial charge in [-0.25, -0.2) is 0 Å². The van der Waals surface area contributed by atoms with E-state index in [0.29, 0.717) is 0 Å². The topological polar surface area (TPSA) is 53.1 Å². The zero-order chi connectivity index (χ0) is 13.1. The Morgan fingerprint density at radius 3 is 2.56 bits per heavy atom. The minimum Gasteiger partial charge on any atom is -0.497 e. The summed E-state index contributed by atoms with van der Waals surface area (Å²) in [5, 5.41) is 4.48. The number of rotatable bonds is 4. The fourth-order valence-corrected chi connectivity index (χ4v) is 1.99. The molecule has 0 bridgehead atoms. The number of aryl methyl sites for hydroxylation is 1. The van der Waals surface area contributed by atoms with E-state index >= 15 is 0 Å². The van der Waals surface area contributed by atoms with Crippen LogP contribution in [0.2, 0.25) is 0 Å². The second-order valence-corrected chi connectivity index (χ2v) is 4.55. The molecule has 0 saturated carbocycles. The Morgan fingerprint density at radius 1 is 1.33 bits per heavy atom.